The molecule has 0 aliphatic carbocycles. The van der Waals surface area contributed by atoms with E-state index >= 15 is 0 Å². The summed E-state index contributed by atoms with van der Waals surface area (Å²) in [7, 11) is 0. The fourth-order valence-electron chi connectivity index (χ4n) is 9.49. The molecule has 0 aliphatic rings. The van der Waals surface area contributed by atoms with Gasteiger partial charge in [-0.2, -0.15) is 0 Å². The lowest BCUT2D eigenvalue weighted by atomic mass is 9.81. The minimum Gasteiger partial charge on any atom is -0.348 e. The molecule has 0 saturated heterocycles. The first-order chi connectivity index (χ1) is 39.6. The highest BCUT2D eigenvalue weighted by atomic mass is 19.1. The number of amides is 4. The van der Waals surface area contributed by atoms with Crippen LogP contribution in [0.1, 0.15) is 77.7 Å². The SMILES string of the molecule is CC(Cc1ccc(F)cc1)(NC(=O)CN)c1ccc(F)cc1.CC(Cc1ccccc1)(NC(=O)CN)c1ccccc1.CCC(Cc1ccccc1)(NC(=O)CN)c1ccccc1.NCC(=O)NC(Cc1ccccc1)c1ccccc1. The fourth-order valence-corrected chi connectivity index (χ4v) is 9.49. The van der Waals surface area contributed by atoms with Crippen LogP contribution in [0.15, 0.2) is 231 Å². The Balaban J connectivity index is 0.000000201. The molecule has 0 heterocycles. The van der Waals surface area contributed by atoms with Gasteiger partial charge in [0.15, 0.2) is 0 Å². The Bertz CT molecular complexity index is 3130. The summed E-state index contributed by atoms with van der Waals surface area (Å²) in [5, 5.41) is 12.0. The number of nitrogens with one attached hydrogen (secondary N) is 4. The van der Waals surface area contributed by atoms with Crippen LogP contribution in [-0.4, -0.2) is 49.8 Å². The summed E-state index contributed by atoms with van der Waals surface area (Å²) in [6, 6.07) is 72.4. The van der Waals surface area contributed by atoms with Crippen molar-refractivity contribution < 1.29 is 28.0 Å². The smallest absolute Gasteiger partial charge is 0.234 e. The molecule has 428 valence electrons. The summed E-state index contributed by atoms with van der Waals surface area (Å²) in [6.07, 6.45) is 3.47. The predicted octanol–water partition coefficient (Wildman–Crippen LogP) is 9.37. The average molecular weight is 1110 g/mol. The van der Waals surface area contributed by atoms with Crippen LogP contribution >= 0.6 is 0 Å². The van der Waals surface area contributed by atoms with Gasteiger partial charge in [-0.15, -0.1) is 0 Å². The van der Waals surface area contributed by atoms with E-state index in [4.69, 9.17) is 22.9 Å². The zero-order valence-electron chi connectivity index (χ0n) is 47.1. The molecule has 4 unspecified atom stereocenters. The van der Waals surface area contributed by atoms with E-state index in [2.05, 4.69) is 76.7 Å². The number of hydrogen-bond acceptors (Lipinski definition) is 8. The summed E-state index contributed by atoms with van der Waals surface area (Å²) < 4.78 is 26.1. The van der Waals surface area contributed by atoms with Gasteiger partial charge in [0.25, 0.3) is 0 Å². The molecule has 0 bridgehead atoms. The van der Waals surface area contributed by atoms with Crippen molar-refractivity contribution in [2.24, 2.45) is 22.9 Å². The van der Waals surface area contributed by atoms with Gasteiger partial charge in [0.05, 0.1) is 48.8 Å². The Labute approximate surface area is 482 Å². The number of benzene rings is 8. The van der Waals surface area contributed by atoms with Gasteiger partial charge in [-0.05, 0) is 115 Å². The minimum atomic E-state index is -0.762. The van der Waals surface area contributed by atoms with Crippen LogP contribution in [0.3, 0.4) is 0 Å². The maximum Gasteiger partial charge on any atom is 0.234 e. The van der Waals surface area contributed by atoms with Crippen LogP contribution in [-0.2, 0) is 61.5 Å². The summed E-state index contributed by atoms with van der Waals surface area (Å²) in [5.74, 6) is -1.39. The lowest BCUT2D eigenvalue weighted by Crippen LogP contribution is -2.49. The Morgan fingerprint density at radius 3 is 1.13 bits per heavy atom. The van der Waals surface area contributed by atoms with E-state index in [1.54, 1.807) is 24.3 Å². The highest BCUT2D eigenvalue weighted by Crippen LogP contribution is 2.31. The summed E-state index contributed by atoms with van der Waals surface area (Å²) in [5.41, 5.74) is 28.5. The van der Waals surface area contributed by atoms with Crippen molar-refractivity contribution in [1.82, 2.24) is 21.3 Å². The van der Waals surface area contributed by atoms with Gasteiger partial charge in [-0.25, -0.2) is 8.78 Å². The lowest BCUT2D eigenvalue weighted by molar-refractivity contribution is -0.122. The molecule has 8 aromatic rings. The van der Waals surface area contributed by atoms with E-state index in [9.17, 15) is 28.0 Å². The molecule has 14 heteroatoms. The van der Waals surface area contributed by atoms with Crippen molar-refractivity contribution in [3.63, 3.8) is 0 Å². The molecule has 0 aliphatic heterocycles. The maximum atomic E-state index is 13.1. The van der Waals surface area contributed by atoms with Crippen LogP contribution < -0.4 is 44.2 Å². The second-order valence-corrected chi connectivity index (χ2v) is 20.1. The molecule has 0 spiro atoms. The van der Waals surface area contributed by atoms with Crippen LogP contribution in [0.4, 0.5) is 8.78 Å². The number of rotatable bonds is 21. The second kappa shape index (κ2) is 33.2. The van der Waals surface area contributed by atoms with Gasteiger partial charge < -0.3 is 44.2 Å². The Morgan fingerprint density at radius 2 is 0.720 bits per heavy atom. The molecular formula is C68H78F2N8O4. The molecule has 12 N–H and O–H groups in total. The quantitative estimate of drug-likeness (QED) is 0.0346. The first kappa shape index (κ1) is 64.2. The Hall–Kier alpha value is -8.66. The van der Waals surface area contributed by atoms with Crippen LogP contribution in [0, 0.1) is 11.6 Å². The molecule has 4 atom stereocenters. The topological polar surface area (TPSA) is 220 Å². The number of carbonyl (C=O) groups is 4. The third-order valence-electron chi connectivity index (χ3n) is 13.8. The third kappa shape index (κ3) is 20.8. The highest BCUT2D eigenvalue weighted by molar-refractivity contribution is 5.80. The number of hydrogen-bond donors (Lipinski definition) is 8. The van der Waals surface area contributed by atoms with Crippen LogP contribution in [0.5, 0.6) is 0 Å². The molecule has 0 saturated carbocycles. The van der Waals surface area contributed by atoms with E-state index < -0.39 is 16.6 Å². The molecule has 0 fully saturated rings. The highest BCUT2D eigenvalue weighted by Gasteiger charge is 2.33. The zero-order valence-corrected chi connectivity index (χ0v) is 47.1. The molecule has 4 amide bonds. The van der Waals surface area contributed by atoms with Crippen molar-refractivity contribution in [2.75, 3.05) is 26.2 Å². The van der Waals surface area contributed by atoms with Gasteiger partial charge in [0.2, 0.25) is 23.6 Å². The molecule has 8 aromatic carbocycles. The van der Waals surface area contributed by atoms with Gasteiger partial charge in [-0.1, -0.05) is 213 Å². The van der Waals surface area contributed by atoms with Gasteiger partial charge >= 0.3 is 0 Å². The minimum absolute atomic E-state index is 0.00276. The van der Waals surface area contributed by atoms with E-state index in [1.165, 1.54) is 41.0 Å². The van der Waals surface area contributed by atoms with E-state index in [0.717, 1.165) is 53.5 Å². The van der Waals surface area contributed by atoms with Crippen molar-refractivity contribution in [1.29, 1.82) is 0 Å². The first-order valence-corrected chi connectivity index (χ1v) is 27.4. The fraction of sp³-hybridized carbons (Fsp3) is 0.235. The van der Waals surface area contributed by atoms with E-state index in [1.807, 2.05) is 147 Å². The van der Waals surface area contributed by atoms with Gasteiger partial charge in [0, 0.05) is 0 Å². The van der Waals surface area contributed by atoms with E-state index in [-0.39, 0.29) is 67.5 Å². The number of halogens is 2. The van der Waals surface area contributed by atoms with Crippen LogP contribution in [0.2, 0.25) is 0 Å². The summed E-state index contributed by atoms with van der Waals surface area (Å²) >= 11 is 0. The largest absolute Gasteiger partial charge is 0.348 e. The number of carbonyl (C=O) groups excluding carboxylic acids is 4. The molecule has 8 rings (SSSR count). The van der Waals surface area contributed by atoms with Crippen LogP contribution in [0.25, 0.3) is 0 Å². The second-order valence-electron chi connectivity index (χ2n) is 20.1. The molecule has 12 nitrogen and oxygen atoms in total. The zero-order chi connectivity index (χ0) is 59.2. The predicted molar refractivity (Wildman–Crippen MR) is 324 cm³/mol. The summed E-state index contributed by atoms with van der Waals surface area (Å²) in [6.45, 7) is 5.83. The van der Waals surface area contributed by atoms with E-state index in [0.29, 0.717) is 6.42 Å². The molecule has 82 heavy (non-hydrogen) atoms. The Kier molecular flexibility index (Phi) is 26.0. The average Bonchev–Trinajstić information content (AvgIpc) is 3.59. The number of nitrogens with two attached hydrogens (primary N) is 4. The van der Waals surface area contributed by atoms with Gasteiger partial charge in [0.1, 0.15) is 11.6 Å². The van der Waals surface area contributed by atoms with Crippen molar-refractivity contribution in [3.05, 3.63) is 287 Å². The third-order valence-corrected chi connectivity index (χ3v) is 13.8. The monoisotopic (exact) mass is 1110 g/mol. The lowest BCUT2D eigenvalue weighted by Gasteiger charge is -2.35. The maximum absolute atomic E-state index is 13.1. The van der Waals surface area contributed by atoms with Crippen molar-refractivity contribution >= 4 is 23.6 Å². The molecule has 0 aromatic heterocycles. The van der Waals surface area contributed by atoms with Gasteiger partial charge in [-0.3, -0.25) is 19.2 Å². The molecule has 0 radical (unpaired) electrons. The summed E-state index contributed by atoms with van der Waals surface area (Å²) in [4.78, 5) is 47.0. The molecular weight excluding hydrogens is 1030 g/mol. The normalized spacial score (nSPS) is 13.1. The van der Waals surface area contributed by atoms with Crippen molar-refractivity contribution in [3.8, 4) is 0 Å². The standard InChI is InChI=1S/C18H22N2O.C17H18F2N2O.C17H20N2O.C16H18N2O/c1-2-18(20-17(21)14-19,16-11-7-4-8-12-16)13-15-9-5-3-6-10-15;1-17(21-16(22)11-20,13-4-8-15(19)9-5-13)10-12-2-6-14(18)7-3-12;1-17(19-16(20)13-18,15-10-6-3-7-11-15)12-14-8-4-2-5-9-14;17-12-16(19)18-15(14-9-5-2-6-10-14)11-13-7-3-1-4-8-13/h3-12H,2,13-14,19H2,1H3,(H,20,21);2-9H,10-11,20H2,1H3,(H,21,22);2-11H,12-13,18H2,1H3,(H,19,20);1-10,15H,11-12,17H2,(H,18,19). The van der Waals surface area contributed by atoms with Crippen molar-refractivity contribution in [2.45, 2.75) is 75.5 Å². The first-order valence-electron chi connectivity index (χ1n) is 27.4. The Morgan fingerprint density at radius 1 is 0.390 bits per heavy atom.